The van der Waals surface area contributed by atoms with Crippen LogP contribution in [0, 0.1) is 6.92 Å². The van der Waals surface area contributed by atoms with Gasteiger partial charge in [0.15, 0.2) is 0 Å². The van der Waals surface area contributed by atoms with Gasteiger partial charge in [-0.15, -0.1) is 0 Å². The number of hydrogen-bond donors (Lipinski definition) is 0. The van der Waals surface area contributed by atoms with Crippen LogP contribution in [0.3, 0.4) is 0 Å². The molecule has 314 valence electrons. The van der Waals surface area contributed by atoms with E-state index in [0.717, 1.165) is 94.8 Å². The summed E-state index contributed by atoms with van der Waals surface area (Å²) in [6, 6.07) is 72.2. The Balaban J connectivity index is 0.969. The van der Waals surface area contributed by atoms with Gasteiger partial charge >= 0.3 is 0 Å². The van der Waals surface area contributed by atoms with Crippen molar-refractivity contribution in [2.75, 3.05) is 16.5 Å². The van der Waals surface area contributed by atoms with Crippen LogP contribution in [0.25, 0.3) is 72.1 Å². The summed E-state index contributed by atoms with van der Waals surface area (Å²) in [5.74, 6) is 1.46. The highest BCUT2D eigenvalue weighted by atomic mass is 16.5. The van der Waals surface area contributed by atoms with Gasteiger partial charge in [-0.05, 0) is 94.9 Å². The topological polar surface area (TPSA) is 33.5 Å². The second-order valence-corrected chi connectivity index (χ2v) is 16.6. The molecule has 0 spiro atoms. The number of anilines is 4. The monoisotopic (exact) mass is 851 g/mol. The minimum Gasteiger partial charge on any atom is -0.457 e. The highest BCUT2D eigenvalue weighted by molar-refractivity contribution is 6.11. The van der Waals surface area contributed by atoms with Gasteiger partial charge in [0.2, 0.25) is 0 Å². The van der Waals surface area contributed by atoms with E-state index >= 15 is 0 Å². The van der Waals surface area contributed by atoms with Gasteiger partial charge in [-0.3, -0.25) is 4.57 Å². The maximum absolute atomic E-state index is 9.37. The van der Waals surface area contributed by atoms with E-state index in [2.05, 4.69) is 167 Å². The van der Waals surface area contributed by atoms with Gasteiger partial charge in [-0.1, -0.05) is 164 Å². The number of fused-ring (bicyclic) bond motifs is 4. The minimum absolute atomic E-state index is 0.0474. The lowest BCUT2D eigenvalue weighted by molar-refractivity contribution is 0.483. The maximum atomic E-state index is 9.37. The summed E-state index contributed by atoms with van der Waals surface area (Å²) >= 11 is 0. The van der Waals surface area contributed by atoms with Crippen molar-refractivity contribution in [3.8, 4) is 61.8 Å². The average molecular weight is 852 g/mol. The van der Waals surface area contributed by atoms with Gasteiger partial charge in [-0.25, -0.2) is 4.98 Å². The molecule has 5 nitrogen and oxygen atoms in total. The Morgan fingerprint density at radius 3 is 1.73 bits per heavy atom. The Bertz CT molecular complexity index is 3670. The van der Waals surface area contributed by atoms with Crippen molar-refractivity contribution in [1.29, 1.82) is 0 Å². The van der Waals surface area contributed by atoms with Crippen molar-refractivity contribution in [3.63, 3.8) is 0 Å². The summed E-state index contributed by atoms with van der Waals surface area (Å²) in [6.07, 6.45) is 1.95. The largest absolute Gasteiger partial charge is 0.457 e. The Kier molecular flexibility index (Phi) is 8.92. The number of aryl methyl sites for hydroxylation is 1. The van der Waals surface area contributed by atoms with E-state index in [0.29, 0.717) is 18.1 Å². The number of benzene rings is 9. The summed E-state index contributed by atoms with van der Waals surface area (Å²) in [5, 5.41) is 2.09. The number of para-hydroxylation sites is 3. The van der Waals surface area contributed by atoms with Crippen LogP contribution in [0.4, 0.5) is 22.7 Å². The summed E-state index contributed by atoms with van der Waals surface area (Å²) in [7, 11) is 0. The lowest BCUT2D eigenvalue weighted by atomic mass is 9.95. The Morgan fingerprint density at radius 1 is 0.470 bits per heavy atom. The fourth-order valence-corrected chi connectivity index (χ4v) is 9.53. The molecular formula is C61H44N4O. The molecule has 5 heteroatoms. The molecule has 11 aromatic rings. The van der Waals surface area contributed by atoms with E-state index in [9.17, 15) is 4.11 Å². The van der Waals surface area contributed by atoms with Gasteiger partial charge in [0, 0.05) is 51.5 Å². The van der Waals surface area contributed by atoms with Gasteiger partial charge in [0.1, 0.15) is 24.0 Å². The summed E-state index contributed by atoms with van der Waals surface area (Å²) < 4.78 is 36.6. The normalized spacial score (nSPS) is 12.8. The third-order valence-electron chi connectivity index (χ3n) is 12.6. The van der Waals surface area contributed by atoms with Crippen LogP contribution < -0.4 is 14.5 Å². The zero-order valence-electron chi connectivity index (χ0n) is 39.2. The molecule has 0 unspecified atom stereocenters. The van der Waals surface area contributed by atoms with Gasteiger partial charge in [0.25, 0.3) is 0 Å². The summed E-state index contributed by atoms with van der Waals surface area (Å²) in [5.41, 5.74) is 15.1. The molecule has 0 aliphatic carbocycles. The molecule has 3 heterocycles. The predicted molar refractivity (Wildman–Crippen MR) is 274 cm³/mol. The van der Waals surface area contributed by atoms with Crippen molar-refractivity contribution < 1.29 is 8.85 Å². The first-order chi connectivity index (χ1) is 33.9. The fraction of sp³-hybridized carbons (Fsp3) is 0.0328. The molecule has 0 bridgehead atoms. The van der Waals surface area contributed by atoms with Crippen molar-refractivity contribution in [2.24, 2.45) is 0 Å². The molecule has 1 aliphatic rings. The third kappa shape index (κ3) is 6.95. The fourth-order valence-electron chi connectivity index (χ4n) is 9.53. The third-order valence-corrected chi connectivity index (χ3v) is 12.6. The molecule has 0 N–H and O–H groups in total. The second kappa shape index (κ2) is 16.5. The highest BCUT2D eigenvalue weighted by Gasteiger charge is 2.31. The zero-order chi connectivity index (χ0) is 46.6. The van der Waals surface area contributed by atoms with Crippen molar-refractivity contribution >= 4 is 44.6 Å². The van der Waals surface area contributed by atoms with Crippen LogP contribution in [0.2, 0.25) is 0 Å². The second-order valence-electron chi connectivity index (χ2n) is 16.6. The molecular weight excluding hydrogens is 805 g/mol. The maximum Gasteiger partial charge on any atom is 0.137 e. The van der Waals surface area contributed by atoms with Crippen LogP contribution >= 0.6 is 0 Å². The average Bonchev–Trinajstić information content (AvgIpc) is 3.95. The lowest BCUT2D eigenvalue weighted by Gasteiger charge is -2.27. The number of ether oxygens (including phenoxy) is 1. The first-order valence-electron chi connectivity index (χ1n) is 23.7. The van der Waals surface area contributed by atoms with Crippen LogP contribution in [-0.4, -0.2) is 16.2 Å². The van der Waals surface area contributed by atoms with Crippen molar-refractivity contribution in [1.82, 2.24) is 9.55 Å². The molecule has 2 aromatic heterocycles. The molecule has 0 atom stereocenters. The van der Waals surface area contributed by atoms with Crippen LogP contribution in [0.15, 0.2) is 237 Å². The number of rotatable bonds is 9. The Hall–Kier alpha value is -8.67. The first kappa shape index (κ1) is 35.8. The SMILES string of the molecule is [2H]c1c(Oc2ccc3c4cc(-c5ccccc5)ccc4n(-c4cc(C)c(-c5ccccc5)cn4)c3c2)cc(N2CN(c3c(-c4ccccc4)cccc3-c3ccccc3)c3ccccc32)c([2H])c1[2H]. The Labute approximate surface area is 388 Å². The standard InChI is InChI=1S/C61H44N4O/c1-42-36-60(62-40-55(42)46-24-12-5-13-25-46)65-56-35-32-47(43-18-6-2-7-19-43)37-54(56)53-34-33-50(39-59(53)65)66-49-27-16-26-48(38-49)63-41-64(58-31-15-14-30-57(58)63)61-51(44-20-8-3-9-21-44)28-17-29-52(61)45-22-10-4-11-23-45/h2-40H,41H2,1H3/i16D,26D,27D. The number of pyridine rings is 1. The summed E-state index contributed by atoms with van der Waals surface area (Å²) in [4.78, 5) is 9.44. The minimum atomic E-state index is -0.213. The van der Waals surface area contributed by atoms with Gasteiger partial charge < -0.3 is 14.5 Å². The van der Waals surface area contributed by atoms with E-state index in [1.54, 1.807) is 6.07 Å². The van der Waals surface area contributed by atoms with Gasteiger partial charge in [-0.2, -0.15) is 0 Å². The predicted octanol–water partition coefficient (Wildman–Crippen LogP) is 16.2. The lowest BCUT2D eigenvalue weighted by Crippen LogP contribution is -2.24. The van der Waals surface area contributed by atoms with Crippen molar-refractivity contribution in [2.45, 2.75) is 6.92 Å². The smallest absolute Gasteiger partial charge is 0.137 e. The summed E-state index contributed by atoms with van der Waals surface area (Å²) in [6.45, 7) is 2.48. The Morgan fingerprint density at radius 2 is 1.08 bits per heavy atom. The molecule has 0 saturated carbocycles. The number of nitrogens with zero attached hydrogens (tertiary/aromatic N) is 4. The molecule has 12 rings (SSSR count). The van der Waals surface area contributed by atoms with E-state index in [1.807, 2.05) is 66.9 Å². The van der Waals surface area contributed by atoms with E-state index < -0.39 is 0 Å². The number of hydrogen-bond acceptors (Lipinski definition) is 4. The molecule has 0 saturated heterocycles. The highest BCUT2D eigenvalue weighted by Crippen LogP contribution is 2.50. The molecule has 9 aromatic carbocycles. The van der Waals surface area contributed by atoms with Gasteiger partial charge in [0.05, 0.1) is 32.2 Å². The molecule has 0 radical (unpaired) electrons. The van der Waals surface area contributed by atoms with Crippen LogP contribution in [0.5, 0.6) is 11.5 Å². The quantitative estimate of drug-likeness (QED) is 0.145. The molecule has 1 aliphatic heterocycles. The van der Waals surface area contributed by atoms with Crippen LogP contribution in [-0.2, 0) is 0 Å². The van der Waals surface area contributed by atoms with E-state index in [-0.39, 0.29) is 23.9 Å². The van der Waals surface area contributed by atoms with E-state index in [4.69, 9.17) is 9.72 Å². The molecule has 0 amide bonds. The molecule has 66 heavy (non-hydrogen) atoms. The van der Waals surface area contributed by atoms with Crippen LogP contribution in [0.1, 0.15) is 9.68 Å². The number of aromatic nitrogens is 2. The zero-order valence-corrected chi connectivity index (χ0v) is 36.2. The van der Waals surface area contributed by atoms with Crippen molar-refractivity contribution in [3.05, 3.63) is 242 Å². The first-order valence-corrected chi connectivity index (χ1v) is 22.2. The van der Waals surface area contributed by atoms with E-state index in [1.165, 1.54) is 0 Å². The molecule has 0 fully saturated rings.